The van der Waals surface area contributed by atoms with Crippen LogP contribution in [0, 0.1) is 0 Å². The monoisotopic (exact) mass is 466 g/mol. The quantitative estimate of drug-likeness (QED) is 0.611. The molecule has 1 N–H and O–H groups in total. The van der Waals surface area contributed by atoms with Crippen LogP contribution < -0.4 is 10.1 Å². The van der Waals surface area contributed by atoms with Crippen LogP contribution in [0.2, 0.25) is 0 Å². The molecule has 2 heterocycles. The second kappa shape index (κ2) is 11.1. The number of carbonyl (C=O) groups excluding carboxylic acids is 2. The third-order valence-corrected chi connectivity index (χ3v) is 7.83. The van der Waals surface area contributed by atoms with Gasteiger partial charge in [0.05, 0.1) is 18.0 Å². The number of benzene rings is 1. The fourth-order valence-electron chi connectivity index (χ4n) is 4.14. The first kappa shape index (κ1) is 24.5. The van der Waals surface area contributed by atoms with Crippen molar-refractivity contribution < 1.29 is 22.7 Å². The molecular formula is C22H34N4O5S. The minimum absolute atomic E-state index is 0.00517. The van der Waals surface area contributed by atoms with Crippen LogP contribution in [-0.4, -0.2) is 92.8 Å². The number of likely N-dealkylation sites (tertiary alicyclic amines) is 1. The van der Waals surface area contributed by atoms with E-state index >= 15 is 0 Å². The lowest BCUT2D eigenvalue weighted by Crippen LogP contribution is -2.54. The van der Waals surface area contributed by atoms with Crippen LogP contribution in [0.5, 0.6) is 5.75 Å². The first-order valence-corrected chi connectivity index (χ1v) is 12.8. The lowest BCUT2D eigenvalue weighted by Gasteiger charge is -2.37. The topological polar surface area (TPSA) is 99.3 Å². The van der Waals surface area contributed by atoms with Crippen LogP contribution >= 0.6 is 0 Å². The molecule has 2 fully saturated rings. The Hall–Kier alpha value is -2.17. The summed E-state index contributed by atoms with van der Waals surface area (Å²) in [7, 11) is -3.60. The molecular weight excluding hydrogens is 432 g/mol. The van der Waals surface area contributed by atoms with E-state index in [1.165, 1.54) is 4.31 Å². The van der Waals surface area contributed by atoms with E-state index < -0.39 is 10.0 Å². The maximum Gasteiger partial charge on any atom is 0.243 e. The molecule has 2 aliphatic heterocycles. The maximum absolute atomic E-state index is 12.9. The zero-order valence-electron chi connectivity index (χ0n) is 19.0. The zero-order valence-corrected chi connectivity index (χ0v) is 19.8. The maximum atomic E-state index is 12.9. The highest BCUT2D eigenvalue weighted by atomic mass is 32.2. The highest BCUT2D eigenvalue weighted by Crippen LogP contribution is 2.21. The van der Waals surface area contributed by atoms with Gasteiger partial charge < -0.3 is 15.0 Å². The first-order valence-electron chi connectivity index (χ1n) is 11.4. The van der Waals surface area contributed by atoms with Crippen molar-refractivity contribution in [1.29, 1.82) is 0 Å². The number of rotatable bonds is 8. The van der Waals surface area contributed by atoms with Crippen molar-refractivity contribution in [3.05, 3.63) is 24.3 Å². The van der Waals surface area contributed by atoms with Crippen LogP contribution in [0.15, 0.2) is 29.2 Å². The molecule has 0 aromatic heterocycles. The Morgan fingerprint density at radius 1 is 1.06 bits per heavy atom. The number of hydrogen-bond donors (Lipinski definition) is 1. The van der Waals surface area contributed by atoms with E-state index in [9.17, 15) is 18.0 Å². The Morgan fingerprint density at radius 3 is 2.38 bits per heavy atom. The molecule has 1 unspecified atom stereocenters. The van der Waals surface area contributed by atoms with Gasteiger partial charge in [0.25, 0.3) is 0 Å². The standard InChI is InChI=1S/C22H34N4O5S/c1-3-21(27)23-18-6-5-11-24(16-18)17-22(28)25-12-14-26(15-13-25)32(29,30)20-9-7-19(8-10-20)31-4-2/h7-10,18H,3-6,11-17H2,1-2H3,(H,23,27). The molecule has 2 amide bonds. The van der Waals surface area contributed by atoms with E-state index in [4.69, 9.17) is 4.74 Å². The predicted molar refractivity (Wildman–Crippen MR) is 121 cm³/mol. The number of nitrogens with one attached hydrogen (secondary N) is 1. The molecule has 0 radical (unpaired) electrons. The number of sulfonamides is 1. The number of nitrogens with zero attached hydrogens (tertiary/aromatic N) is 3. The first-order chi connectivity index (χ1) is 15.3. The average Bonchev–Trinajstić information content (AvgIpc) is 2.80. The summed E-state index contributed by atoms with van der Waals surface area (Å²) in [5.41, 5.74) is 0. The second-order valence-electron chi connectivity index (χ2n) is 8.18. The second-order valence-corrected chi connectivity index (χ2v) is 10.1. The summed E-state index contributed by atoms with van der Waals surface area (Å²) < 4.78 is 32.7. The molecule has 32 heavy (non-hydrogen) atoms. The van der Waals surface area contributed by atoms with Crippen molar-refractivity contribution in [2.75, 3.05) is 52.4 Å². The van der Waals surface area contributed by atoms with E-state index in [0.29, 0.717) is 45.0 Å². The van der Waals surface area contributed by atoms with E-state index in [1.54, 1.807) is 29.2 Å². The molecule has 0 bridgehead atoms. The van der Waals surface area contributed by atoms with Crippen LogP contribution in [0.4, 0.5) is 0 Å². The summed E-state index contributed by atoms with van der Waals surface area (Å²) in [5, 5.41) is 3.01. The average molecular weight is 467 g/mol. The molecule has 0 spiro atoms. The number of amides is 2. The SMILES string of the molecule is CCOc1ccc(S(=O)(=O)N2CCN(C(=O)CN3CCCC(NC(=O)CC)C3)CC2)cc1. The molecule has 1 aromatic carbocycles. The molecule has 10 heteroatoms. The summed E-state index contributed by atoms with van der Waals surface area (Å²) in [4.78, 5) is 28.5. The lowest BCUT2D eigenvalue weighted by atomic mass is 10.1. The molecule has 2 saturated heterocycles. The van der Waals surface area contributed by atoms with Gasteiger partial charge in [-0.05, 0) is 50.6 Å². The Balaban J connectivity index is 1.50. The predicted octanol–water partition coefficient (Wildman–Crippen LogP) is 0.909. The molecule has 178 valence electrons. The number of piperidine rings is 1. The third kappa shape index (κ3) is 6.20. The van der Waals surface area contributed by atoms with E-state index in [1.807, 2.05) is 13.8 Å². The van der Waals surface area contributed by atoms with Crippen molar-refractivity contribution in [1.82, 2.24) is 19.4 Å². The van der Waals surface area contributed by atoms with Crippen LogP contribution in [0.3, 0.4) is 0 Å². The summed E-state index contributed by atoms with van der Waals surface area (Å²) in [6.07, 6.45) is 2.33. The van der Waals surface area contributed by atoms with Gasteiger partial charge in [-0.2, -0.15) is 4.31 Å². The number of carbonyl (C=O) groups is 2. The number of piperazine rings is 1. The van der Waals surface area contributed by atoms with Crippen molar-refractivity contribution >= 4 is 21.8 Å². The van der Waals surface area contributed by atoms with Gasteiger partial charge in [-0.25, -0.2) is 8.42 Å². The minimum Gasteiger partial charge on any atom is -0.494 e. The molecule has 1 atom stereocenters. The number of ether oxygens (including phenoxy) is 1. The molecule has 0 aliphatic carbocycles. The van der Waals surface area contributed by atoms with E-state index in [0.717, 1.165) is 19.4 Å². The zero-order chi connectivity index (χ0) is 23.1. The lowest BCUT2D eigenvalue weighted by molar-refractivity contribution is -0.133. The summed E-state index contributed by atoms with van der Waals surface area (Å²) in [5.74, 6) is 0.676. The largest absolute Gasteiger partial charge is 0.494 e. The number of hydrogen-bond acceptors (Lipinski definition) is 6. The van der Waals surface area contributed by atoms with Crippen molar-refractivity contribution in [3.8, 4) is 5.75 Å². The van der Waals surface area contributed by atoms with Gasteiger partial charge in [-0.1, -0.05) is 6.92 Å². The van der Waals surface area contributed by atoms with Gasteiger partial charge in [0.15, 0.2) is 0 Å². The van der Waals surface area contributed by atoms with E-state index in [-0.39, 0.29) is 35.8 Å². The van der Waals surface area contributed by atoms with Crippen molar-refractivity contribution in [2.24, 2.45) is 0 Å². The molecule has 9 nitrogen and oxygen atoms in total. The summed E-state index contributed by atoms with van der Waals surface area (Å²) >= 11 is 0. The normalized spacial score (nSPS) is 20.7. The smallest absolute Gasteiger partial charge is 0.243 e. The molecule has 2 aliphatic rings. The molecule has 3 rings (SSSR count). The molecule has 0 saturated carbocycles. The van der Waals surface area contributed by atoms with Gasteiger partial charge >= 0.3 is 0 Å². The fourth-order valence-corrected chi connectivity index (χ4v) is 5.56. The Kier molecular flexibility index (Phi) is 8.50. The summed E-state index contributed by atoms with van der Waals surface area (Å²) in [6, 6.07) is 6.51. The van der Waals surface area contributed by atoms with Crippen molar-refractivity contribution in [3.63, 3.8) is 0 Å². The Morgan fingerprint density at radius 2 is 1.75 bits per heavy atom. The fraction of sp³-hybridized carbons (Fsp3) is 0.636. The van der Waals surface area contributed by atoms with Gasteiger partial charge in [-0.3, -0.25) is 14.5 Å². The van der Waals surface area contributed by atoms with Crippen LogP contribution in [0.25, 0.3) is 0 Å². The molecule has 1 aromatic rings. The van der Waals surface area contributed by atoms with Gasteiger partial charge in [0.1, 0.15) is 5.75 Å². The summed E-state index contributed by atoms with van der Waals surface area (Å²) in [6.45, 7) is 7.32. The van der Waals surface area contributed by atoms with Gasteiger partial charge in [-0.15, -0.1) is 0 Å². The van der Waals surface area contributed by atoms with Crippen LogP contribution in [-0.2, 0) is 19.6 Å². The van der Waals surface area contributed by atoms with Gasteiger partial charge in [0, 0.05) is 45.2 Å². The third-order valence-electron chi connectivity index (χ3n) is 5.91. The van der Waals surface area contributed by atoms with E-state index in [2.05, 4.69) is 10.2 Å². The highest BCUT2D eigenvalue weighted by Gasteiger charge is 2.31. The van der Waals surface area contributed by atoms with Crippen LogP contribution in [0.1, 0.15) is 33.1 Å². The van der Waals surface area contributed by atoms with Crippen molar-refractivity contribution in [2.45, 2.75) is 44.0 Å². The Labute approximate surface area is 190 Å². The van der Waals surface area contributed by atoms with Gasteiger partial charge in [0.2, 0.25) is 21.8 Å². The highest BCUT2D eigenvalue weighted by molar-refractivity contribution is 7.89. The Bertz CT molecular complexity index is 882. The minimum atomic E-state index is -3.60.